The van der Waals surface area contributed by atoms with Crippen LogP contribution in [0.15, 0.2) is 51.4 Å². The van der Waals surface area contributed by atoms with Gasteiger partial charge < -0.3 is 15.0 Å². The van der Waals surface area contributed by atoms with E-state index in [-0.39, 0.29) is 23.5 Å². The van der Waals surface area contributed by atoms with Gasteiger partial charge >= 0.3 is 0 Å². The van der Waals surface area contributed by atoms with Gasteiger partial charge in [-0.15, -0.1) is 0 Å². The molecule has 9 heteroatoms. The van der Waals surface area contributed by atoms with Crippen LogP contribution in [0, 0.1) is 0 Å². The fourth-order valence-corrected chi connectivity index (χ4v) is 3.40. The predicted molar refractivity (Wildman–Crippen MR) is 117 cm³/mol. The van der Waals surface area contributed by atoms with Crippen molar-refractivity contribution in [2.45, 2.75) is 6.92 Å². The zero-order valence-electron chi connectivity index (χ0n) is 14.6. The maximum atomic E-state index is 12.0. The zero-order chi connectivity index (χ0) is 20.0. The second-order valence-corrected chi connectivity index (χ2v) is 7.67. The minimum Gasteiger partial charge on any atom is -0.483 e. The topological polar surface area (TPSA) is 70.7 Å². The van der Waals surface area contributed by atoms with Crippen LogP contribution >= 0.6 is 44.1 Å². The molecule has 2 aromatic carbocycles. The third-order valence-corrected chi connectivity index (χ3v) is 4.81. The molecular weight excluding hydrogens is 498 g/mol. The summed E-state index contributed by atoms with van der Waals surface area (Å²) in [6, 6.07) is 12.5. The lowest BCUT2D eigenvalue weighted by atomic mass is 10.2. The minimum absolute atomic E-state index is 0.0593. The van der Waals surface area contributed by atoms with Gasteiger partial charge in [-0.3, -0.25) is 14.9 Å². The fourth-order valence-electron chi connectivity index (χ4n) is 2.01. The van der Waals surface area contributed by atoms with Crippen molar-refractivity contribution in [2.75, 3.05) is 23.9 Å². The Hall–Kier alpha value is -1.97. The lowest BCUT2D eigenvalue weighted by Gasteiger charge is -2.16. The summed E-state index contributed by atoms with van der Waals surface area (Å²) in [7, 11) is 1.69. The monoisotopic (exact) mass is 513 g/mol. The zero-order valence-corrected chi connectivity index (χ0v) is 18.6. The summed E-state index contributed by atoms with van der Waals surface area (Å²) in [5, 5.41) is 5.62. The van der Waals surface area contributed by atoms with E-state index in [9.17, 15) is 9.59 Å². The molecule has 0 aliphatic rings. The van der Waals surface area contributed by atoms with Crippen molar-refractivity contribution in [1.29, 1.82) is 0 Å². The van der Waals surface area contributed by atoms with E-state index in [1.54, 1.807) is 37.4 Å². The van der Waals surface area contributed by atoms with Gasteiger partial charge in [0.2, 0.25) is 5.91 Å². The quantitative estimate of drug-likeness (QED) is 0.588. The number of nitrogens with one attached hydrogen (secondary N) is 2. The number of carbonyl (C=O) groups is 2. The molecule has 2 aromatic rings. The molecule has 0 saturated carbocycles. The molecule has 0 aliphatic carbocycles. The Kier molecular flexibility index (Phi) is 7.76. The molecule has 0 atom stereocenters. The lowest BCUT2D eigenvalue weighted by molar-refractivity contribution is -0.121. The molecule has 0 fully saturated rings. The Balaban J connectivity index is 1.84. The summed E-state index contributed by atoms with van der Waals surface area (Å²) in [5.74, 6) is 0.114. The highest BCUT2D eigenvalue weighted by molar-refractivity contribution is 9.11. The number of nitrogens with zero attached hydrogens (tertiary/aromatic N) is 1. The number of ether oxygens (including phenoxy) is 1. The molecule has 0 unspecified atom stereocenters. The molecule has 2 amide bonds. The SMILES string of the molecule is CC(=O)N(C)c1ccc(NC(=S)NC(=O)COc2ccc(Br)cc2Br)cc1. The van der Waals surface area contributed by atoms with Gasteiger partial charge in [-0.1, -0.05) is 15.9 Å². The lowest BCUT2D eigenvalue weighted by Crippen LogP contribution is -2.37. The van der Waals surface area contributed by atoms with Crippen molar-refractivity contribution in [3.05, 3.63) is 51.4 Å². The first kappa shape index (κ1) is 21.3. The van der Waals surface area contributed by atoms with Crippen molar-refractivity contribution in [1.82, 2.24) is 5.32 Å². The highest BCUT2D eigenvalue weighted by atomic mass is 79.9. The van der Waals surface area contributed by atoms with E-state index >= 15 is 0 Å². The molecule has 0 saturated heterocycles. The average molecular weight is 515 g/mol. The Morgan fingerprint density at radius 2 is 1.81 bits per heavy atom. The maximum Gasteiger partial charge on any atom is 0.264 e. The van der Waals surface area contributed by atoms with Gasteiger partial charge in [0, 0.05) is 29.8 Å². The summed E-state index contributed by atoms with van der Waals surface area (Å²) in [6.07, 6.45) is 0. The van der Waals surface area contributed by atoms with E-state index in [1.807, 2.05) is 12.1 Å². The number of anilines is 2. The third kappa shape index (κ3) is 6.60. The number of halogens is 2. The van der Waals surface area contributed by atoms with Crippen molar-refractivity contribution in [3.63, 3.8) is 0 Å². The molecule has 2 rings (SSSR count). The van der Waals surface area contributed by atoms with Crippen LogP contribution in [0.5, 0.6) is 5.75 Å². The Labute approximate surface area is 179 Å². The fraction of sp³-hybridized carbons (Fsp3) is 0.167. The number of benzene rings is 2. The molecule has 0 radical (unpaired) electrons. The van der Waals surface area contributed by atoms with Crippen LogP contribution in [-0.4, -0.2) is 30.6 Å². The molecule has 0 bridgehead atoms. The molecule has 2 N–H and O–H groups in total. The highest BCUT2D eigenvalue weighted by Gasteiger charge is 2.09. The molecule has 142 valence electrons. The van der Waals surface area contributed by atoms with Crippen LogP contribution in [-0.2, 0) is 9.59 Å². The molecular formula is C18H17Br2N3O3S. The normalized spacial score (nSPS) is 10.1. The van der Waals surface area contributed by atoms with Crippen molar-refractivity contribution in [3.8, 4) is 5.75 Å². The smallest absolute Gasteiger partial charge is 0.264 e. The molecule has 0 aromatic heterocycles. The summed E-state index contributed by atoms with van der Waals surface area (Å²) < 4.78 is 7.10. The number of rotatable bonds is 5. The minimum atomic E-state index is -0.379. The van der Waals surface area contributed by atoms with Gasteiger partial charge in [0.15, 0.2) is 11.7 Å². The van der Waals surface area contributed by atoms with Gasteiger partial charge in [0.25, 0.3) is 5.91 Å². The first-order chi connectivity index (χ1) is 12.8. The first-order valence-electron chi connectivity index (χ1n) is 7.79. The van der Waals surface area contributed by atoms with Crippen molar-refractivity contribution >= 4 is 72.4 Å². The Bertz CT molecular complexity index is 859. The highest BCUT2D eigenvalue weighted by Crippen LogP contribution is 2.28. The van der Waals surface area contributed by atoms with E-state index in [0.717, 1.165) is 14.6 Å². The van der Waals surface area contributed by atoms with Crippen molar-refractivity contribution < 1.29 is 14.3 Å². The number of hydrogen-bond acceptors (Lipinski definition) is 4. The van der Waals surface area contributed by atoms with E-state index in [0.29, 0.717) is 11.4 Å². The number of thiocarbonyl (C=S) groups is 1. The molecule has 6 nitrogen and oxygen atoms in total. The second-order valence-electron chi connectivity index (χ2n) is 5.49. The van der Waals surface area contributed by atoms with Crippen LogP contribution in [0.3, 0.4) is 0 Å². The van der Waals surface area contributed by atoms with Gasteiger partial charge in [-0.05, 0) is 70.6 Å². The number of amides is 2. The van der Waals surface area contributed by atoms with Crippen molar-refractivity contribution in [2.24, 2.45) is 0 Å². The van der Waals surface area contributed by atoms with E-state index < -0.39 is 0 Å². The van der Waals surface area contributed by atoms with E-state index in [4.69, 9.17) is 17.0 Å². The molecule has 0 aliphatic heterocycles. The average Bonchev–Trinajstić information content (AvgIpc) is 2.60. The Morgan fingerprint density at radius 3 is 2.41 bits per heavy atom. The maximum absolute atomic E-state index is 12.0. The summed E-state index contributed by atoms with van der Waals surface area (Å²) in [5.41, 5.74) is 1.45. The molecule has 0 spiro atoms. The number of hydrogen-bond donors (Lipinski definition) is 2. The second kappa shape index (κ2) is 9.82. The predicted octanol–water partition coefficient (Wildman–Crippen LogP) is 4.09. The summed E-state index contributed by atoms with van der Waals surface area (Å²) >= 11 is 11.9. The van der Waals surface area contributed by atoms with Crippen LogP contribution in [0.4, 0.5) is 11.4 Å². The van der Waals surface area contributed by atoms with Gasteiger partial charge in [0.05, 0.1) is 4.47 Å². The Morgan fingerprint density at radius 1 is 1.15 bits per heavy atom. The first-order valence-corrected chi connectivity index (χ1v) is 9.78. The van der Waals surface area contributed by atoms with Crippen LogP contribution in [0.1, 0.15) is 6.92 Å². The number of carbonyl (C=O) groups excluding carboxylic acids is 2. The largest absolute Gasteiger partial charge is 0.483 e. The standard InChI is InChI=1S/C18H17Br2N3O3S/c1-11(24)23(2)14-6-4-13(5-7-14)21-18(27)22-17(25)10-26-16-8-3-12(19)9-15(16)20/h3-9H,10H2,1-2H3,(H2,21,22,25,27). The summed E-state index contributed by atoms with van der Waals surface area (Å²) in [6.45, 7) is 1.32. The van der Waals surface area contributed by atoms with E-state index in [1.165, 1.54) is 11.8 Å². The van der Waals surface area contributed by atoms with Gasteiger partial charge in [-0.25, -0.2) is 0 Å². The third-order valence-electron chi connectivity index (χ3n) is 3.49. The van der Waals surface area contributed by atoms with E-state index in [2.05, 4.69) is 42.5 Å². The molecule has 27 heavy (non-hydrogen) atoms. The van der Waals surface area contributed by atoms with Gasteiger partial charge in [-0.2, -0.15) is 0 Å². The van der Waals surface area contributed by atoms with Crippen LogP contribution < -0.4 is 20.3 Å². The van der Waals surface area contributed by atoms with Gasteiger partial charge in [0.1, 0.15) is 5.75 Å². The van der Waals surface area contributed by atoms with Crippen LogP contribution in [0.2, 0.25) is 0 Å². The summed E-state index contributed by atoms with van der Waals surface area (Å²) in [4.78, 5) is 24.9. The van der Waals surface area contributed by atoms with Crippen LogP contribution in [0.25, 0.3) is 0 Å². The molecule has 0 heterocycles.